The molecule has 0 spiro atoms. The Hall–Kier alpha value is -2.36. The van der Waals surface area contributed by atoms with E-state index in [4.69, 9.17) is 0 Å². The molecule has 0 aliphatic heterocycles. The van der Waals surface area contributed by atoms with E-state index in [9.17, 15) is 9.18 Å². The van der Waals surface area contributed by atoms with E-state index in [1.54, 1.807) is 12.1 Å². The van der Waals surface area contributed by atoms with Crippen LogP contribution >= 0.6 is 0 Å². The number of carbonyl (C=O) groups excluding carboxylic acids is 1. The lowest BCUT2D eigenvalue weighted by Gasteiger charge is -2.25. The van der Waals surface area contributed by atoms with Crippen molar-refractivity contribution in [3.8, 4) is 0 Å². The zero-order chi connectivity index (χ0) is 16.1. The van der Waals surface area contributed by atoms with Gasteiger partial charge in [0.15, 0.2) is 0 Å². The van der Waals surface area contributed by atoms with Crippen LogP contribution in [0.3, 0.4) is 0 Å². The lowest BCUT2D eigenvalue weighted by Crippen LogP contribution is -2.38. The molecule has 0 saturated carbocycles. The second-order valence-corrected chi connectivity index (χ2v) is 5.98. The zero-order valence-electron chi connectivity index (χ0n) is 13.0. The predicted molar refractivity (Wildman–Crippen MR) is 88.8 cm³/mol. The molecule has 0 radical (unpaired) electrons. The summed E-state index contributed by atoms with van der Waals surface area (Å²) in [6.07, 6.45) is 3.38. The minimum atomic E-state index is -0.288. The number of hydrogen-bond donors (Lipinski definition) is 2. The van der Waals surface area contributed by atoms with E-state index < -0.39 is 0 Å². The summed E-state index contributed by atoms with van der Waals surface area (Å²) < 4.78 is 13.1. The largest absolute Gasteiger partial charge is 0.338 e. The number of nitrogens with one attached hydrogen (secondary N) is 2. The highest BCUT2D eigenvalue weighted by Crippen LogP contribution is 2.30. The molecule has 1 aliphatic carbocycles. The molecule has 23 heavy (non-hydrogen) atoms. The molecule has 2 N–H and O–H groups in total. The topological polar surface area (TPSA) is 41.1 Å². The lowest BCUT2D eigenvalue weighted by molar-refractivity contribution is 0.239. The maximum atomic E-state index is 13.1. The van der Waals surface area contributed by atoms with Crippen LogP contribution in [0.2, 0.25) is 0 Å². The summed E-state index contributed by atoms with van der Waals surface area (Å²) in [6.45, 7) is 0.955. The van der Waals surface area contributed by atoms with Crippen LogP contribution in [0.5, 0.6) is 0 Å². The quantitative estimate of drug-likeness (QED) is 0.887. The minimum Gasteiger partial charge on any atom is -0.338 e. The van der Waals surface area contributed by atoms with Gasteiger partial charge in [0, 0.05) is 19.0 Å². The molecular weight excluding hydrogens is 291 g/mol. The fourth-order valence-corrected chi connectivity index (χ4v) is 3.17. The molecule has 0 fully saturated rings. The number of rotatable bonds is 4. The Morgan fingerprint density at radius 1 is 1.13 bits per heavy atom. The molecule has 1 atom stereocenters. The molecule has 2 aromatic carbocycles. The highest BCUT2D eigenvalue weighted by Gasteiger charge is 2.19. The van der Waals surface area contributed by atoms with Crippen molar-refractivity contribution in [2.24, 2.45) is 0 Å². The van der Waals surface area contributed by atoms with Gasteiger partial charge in [-0.1, -0.05) is 36.4 Å². The first-order valence-electron chi connectivity index (χ1n) is 8.06. The minimum absolute atomic E-state index is 0.211. The average molecular weight is 312 g/mol. The van der Waals surface area contributed by atoms with Crippen molar-refractivity contribution in [2.75, 3.05) is 6.54 Å². The molecular formula is C19H21FN2O. The first kappa shape index (κ1) is 15.5. The molecule has 0 aromatic heterocycles. The van der Waals surface area contributed by atoms with Crippen molar-refractivity contribution in [1.29, 1.82) is 0 Å². The van der Waals surface area contributed by atoms with Gasteiger partial charge in [-0.3, -0.25) is 0 Å². The van der Waals surface area contributed by atoms with Gasteiger partial charge in [0.25, 0.3) is 0 Å². The average Bonchev–Trinajstić information content (AvgIpc) is 2.58. The van der Waals surface area contributed by atoms with Crippen molar-refractivity contribution >= 4 is 6.03 Å². The lowest BCUT2D eigenvalue weighted by atomic mass is 9.83. The number of aryl methyl sites for hydroxylation is 1. The number of amides is 2. The summed E-state index contributed by atoms with van der Waals surface area (Å²) in [5.74, 6) is 0.0865. The molecule has 0 bridgehead atoms. The third-order valence-electron chi connectivity index (χ3n) is 4.34. The summed E-state index contributed by atoms with van der Waals surface area (Å²) in [5, 5.41) is 5.71. The van der Waals surface area contributed by atoms with E-state index in [1.807, 2.05) is 0 Å². The van der Waals surface area contributed by atoms with E-state index in [0.717, 1.165) is 24.8 Å². The van der Waals surface area contributed by atoms with Crippen LogP contribution in [0, 0.1) is 5.82 Å². The normalized spacial score (nSPS) is 16.5. The third-order valence-corrected chi connectivity index (χ3v) is 4.34. The summed E-state index contributed by atoms with van der Waals surface area (Å²) >= 11 is 0. The van der Waals surface area contributed by atoms with Gasteiger partial charge < -0.3 is 10.6 Å². The van der Waals surface area contributed by atoms with Crippen molar-refractivity contribution in [1.82, 2.24) is 10.6 Å². The number of urea groups is 1. The summed E-state index contributed by atoms with van der Waals surface area (Å²) in [7, 11) is 0. The van der Waals surface area contributed by atoms with Crippen LogP contribution < -0.4 is 10.6 Å². The molecule has 3 nitrogen and oxygen atoms in total. The molecule has 2 amide bonds. The Morgan fingerprint density at radius 2 is 2.00 bits per heavy atom. The first-order chi connectivity index (χ1) is 11.2. The molecule has 0 saturated heterocycles. The van der Waals surface area contributed by atoms with Crippen LogP contribution in [0.4, 0.5) is 9.18 Å². The summed E-state index contributed by atoms with van der Waals surface area (Å²) in [5.41, 5.74) is 3.50. The Kier molecular flexibility index (Phi) is 4.91. The van der Waals surface area contributed by atoms with Crippen molar-refractivity contribution in [2.45, 2.75) is 31.7 Å². The van der Waals surface area contributed by atoms with Gasteiger partial charge in [-0.25, -0.2) is 9.18 Å². The molecule has 120 valence electrons. The van der Waals surface area contributed by atoms with Gasteiger partial charge in [-0.15, -0.1) is 0 Å². The Balaban J connectivity index is 1.50. The maximum absolute atomic E-state index is 13.1. The van der Waals surface area contributed by atoms with Crippen LogP contribution in [0.15, 0.2) is 48.5 Å². The van der Waals surface area contributed by atoms with Crippen LogP contribution in [0.1, 0.15) is 35.4 Å². The van der Waals surface area contributed by atoms with Gasteiger partial charge >= 0.3 is 6.03 Å². The number of halogens is 1. The van der Waals surface area contributed by atoms with Gasteiger partial charge in [0.2, 0.25) is 0 Å². The second kappa shape index (κ2) is 7.27. The van der Waals surface area contributed by atoms with Crippen LogP contribution in [0.25, 0.3) is 0 Å². The fourth-order valence-electron chi connectivity index (χ4n) is 3.17. The highest BCUT2D eigenvalue weighted by molar-refractivity contribution is 5.73. The van der Waals surface area contributed by atoms with Crippen molar-refractivity contribution in [3.63, 3.8) is 0 Å². The zero-order valence-corrected chi connectivity index (χ0v) is 13.0. The molecule has 2 aromatic rings. The molecule has 1 aliphatic rings. The van der Waals surface area contributed by atoms with E-state index in [-0.39, 0.29) is 11.8 Å². The fraction of sp³-hybridized carbons (Fsp3) is 0.316. The molecule has 3 rings (SSSR count). The molecule has 4 heteroatoms. The summed E-state index contributed by atoms with van der Waals surface area (Å²) in [6, 6.07) is 14.5. The standard InChI is InChI=1S/C19H21FN2O/c20-17-9-3-5-14(11-17)12-21-19(23)22-13-16-8-4-7-15-6-1-2-10-18(15)16/h1-3,5-6,9-11,16H,4,7-8,12-13H2,(H2,21,22,23). The first-order valence-corrected chi connectivity index (χ1v) is 8.06. The number of benzene rings is 2. The number of hydrogen-bond acceptors (Lipinski definition) is 1. The SMILES string of the molecule is O=C(NCc1cccc(F)c1)NCC1CCCc2ccccc21. The molecule has 1 unspecified atom stereocenters. The van der Waals surface area contributed by atoms with Crippen molar-refractivity contribution in [3.05, 3.63) is 71.0 Å². The van der Waals surface area contributed by atoms with E-state index in [1.165, 1.54) is 23.3 Å². The van der Waals surface area contributed by atoms with E-state index in [0.29, 0.717) is 19.0 Å². The van der Waals surface area contributed by atoms with Gasteiger partial charge in [-0.2, -0.15) is 0 Å². The monoisotopic (exact) mass is 312 g/mol. The summed E-state index contributed by atoms with van der Waals surface area (Å²) in [4.78, 5) is 11.9. The third kappa shape index (κ3) is 4.09. The van der Waals surface area contributed by atoms with Crippen molar-refractivity contribution < 1.29 is 9.18 Å². The second-order valence-electron chi connectivity index (χ2n) is 5.98. The highest BCUT2D eigenvalue weighted by atomic mass is 19.1. The van der Waals surface area contributed by atoms with E-state index >= 15 is 0 Å². The Bertz CT molecular complexity index is 687. The predicted octanol–water partition coefficient (Wildman–Crippen LogP) is 3.75. The smallest absolute Gasteiger partial charge is 0.315 e. The molecule has 0 heterocycles. The number of carbonyl (C=O) groups is 1. The van der Waals surface area contributed by atoms with Gasteiger partial charge in [0.05, 0.1) is 0 Å². The van der Waals surface area contributed by atoms with Gasteiger partial charge in [-0.05, 0) is 48.1 Å². The Labute approximate surface area is 135 Å². The Morgan fingerprint density at radius 3 is 2.87 bits per heavy atom. The van der Waals surface area contributed by atoms with Crippen LogP contribution in [-0.2, 0) is 13.0 Å². The van der Waals surface area contributed by atoms with E-state index in [2.05, 4.69) is 34.9 Å². The maximum Gasteiger partial charge on any atom is 0.315 e. The van der Waals surface area contributed by atoms with Gasteiger partial charge in [0.1, 0.15) is 5.82 Å². The number of fused-ring (bicyclic) bond motifs is 1. The van der Waals surface area contributed by atoms with Crippen LogP contribution in [-0.4, -0.2) is 12.6 Å².